The number of hydrogen-bond acceptors (Lipinski definition) is 4. The molecule has 1 N–H and O–H groups in total. The van der Waals surface area contributed by atoms with E-state index in [1.54, 1.807) is 7.11 Å². The van der Waals surface area contributed by atoms with E-state index in [2.05, 4.69) is 0 Å². The van der Waals surface area contributed by atoms with Crippen LogP contribution >= 0.6 is 11.8 Å². The average Bonchev–Trinajstić information content (AvgIpc) is 2.34. The first-order chi connectivity index (χ1) is 8.63. The second-order valence-corrected chi connectivity index (χ2v) is 4.76. The first kappa shape index (κ1) is 14.7. The highest BCUT2D eigenvalue weighted by Gasteiger charge is 2.16. The van der Waals surface area contributed by atoms with Crippen LogP contribution in [0.3, 0.4) is 0 Å². The first-order valence-corrected chi connectivity index (χ1v) is 6.93. The maximum Gasteiger partial charge on any atom is 0.242 e. The number of aryl methyl sites for hydroxylation is 1. The van der Waals surface area contributed by atoms with Crippen molar-refractivity contribution in [2.24, 2.45) is 0 Å². The number of carbonyl (C=O) groups excluding carboxylic acids is 1. The number of thioether (sulfide) groups is 1. The molecule has 0 aliphatic heterocycles. The maximum absolute atomic E-state index is 12.0. The molecule has 0 aromatic heterocycles. The lowest BCUT2D eigenvalue weighted by atomic mass is 10.1. The molecule has 0 atom stereocenters. The minimum Gasteiger partial charge on any atom is -0.380 e. The van der Waals surface area contributed by atoms with Gasteiger partial charge in [-0.25, -0.2) is 0 Å². The van der Waals surface area contributed by atoms with Gasteiger partial charge in [-0.1, -0.05) is 12.1 Å². The summed E-state index contributed by atoms with van der Waals surface area (Å²) < 4.78 is 5.12. The van der Waals surface area contributed by atoms with Gasteiger partial charge in [0.15, 0.2) is 0 Å². The maximum atomic E-state index is 12.0. The Morgan fingerprint density at radius 2 is 2.28 bits per heavy atom. The van der Waals surface area contributed by atoms with E-state index < -0.39 is 0 Å². The highest BCUT2D eigenvalue weighted by atomic mass is 32.2. The zero-order chi connectivity index (χ0) is 13.5. The van der Waals surface area contributed by atoms with Gasteiger partial charge in [-0.3, -0.25) is 15.1 Å². The second kappa shape index (κ2) is 7.18. The molecule has 1 amide bonds. The predicted octanol–water partition coefficient (Wildman–Crippen LogP) is 2.44. The van der Waals surface area contributed by atoms with Crippen LogP contribution in [0.5, 0.6) is 0 Å². The van der Waals surface area contributed by atoms with Gasteiger partial charge in [0, 0.05) is 12.7 Å². The molecule has 1 aromatic rings. The molecule has 0 heterocycles. The summed E-state index contributed by atoms with van der Waals surface area (Å²) in [6, 6.07) is 5.80. The fraction of sp³-hybridized carbons (Fsp3) is 0.385. The summed E-state index contributed by atoms with van der Waals surface area (Å²) in [4.78, 5) is 13.3. The molecule has 4 nitrogen and oxygen atoms in total. The van der Waals surface area contributed by atoms with Crippen molar-refractivity contribution in [2.75, 3.05) is 24.0 Å². The summed E-state index contributed by atoms with van der Waals surface area (Å²) in [7, 11) is 1.61. The predicted molar refractivity (Wildman–Crippen MR) is 76.5 cm³/mol. The Morgan fingerprint density at radius 1 is 1.56 bits per heavy atom. The summed E-state index contributed by atoms with van der Waals surface area (Å²) in [6.07, 6.45) is 2.93. The molecule has 98 valence electrons. The molecule has 0 aliphatic rings. The Morgan fingerprint density at radius 3 is 2.83 bits per heavy atom. The second-order valence-electron chi connectivity index (χ2n) is 3.89. The van der Waals surface area contributed by atoms with Gasteiger partial charge in [0.05, 0.1) is 24.4 Å². The van der Waals surface area contributed by atoms with E-state index in [0.717, 1.165) is 23.2 Å². The molecule has 18 heavy (non-hydrogen) atoms. The minimum atomic E-state index is -0.0968. The third-order valence-corrected chi connectivity index (χ3v) is 3.00. The van der Waals surface area contributed by atoms with Crippen molar-refractivity contribution in [3.63, 3.8) is 0 Å². The van der Waals surface area contributed by atoms with E-state index in [4.69, 9.17) is 10.1 Å². The number of ether oxygens (including phenoxy) is 1. The van der Waals surface area contributed by atoms with E-state index >= 15 is 0 Å². The highest BCUT2D eigenvalue weighted by Crippen LogP contribution is 2.23. The van der Waals surface area contributed by atoms with Crippen molar-refractivity contribution in [1.82, 2.24) is 0 Å². The molecule has 0 radical (unpaired) electrons. The summed E-state index contributed by atoms with van der Waals surface area (Å²) in [5.41, 5.74) is 2.68. The van der Waals surface area contributed by atoms with Crippen LogP contribution in [0.4, 0.5) is 5.69 Å². The number of nitrogens with one attached hydrogen (secondary N) is 1. The normalized spacial score (nSPS) is 10.2. The van der Waals surface area contributed by atoms with Gasteiger partial charge in [0.1, 0.15) is 0 Å². The van der Waals surface area contributed by atoms with Crippen molar-refractivity contribution in [2.45, 2.75) is 13.5 Å². The molecule has 1 aromatic carbocycles. The van der Waals surface area contributed by atoms with Gasteiger partial charge >= 0.3 is 0 Å². The molecular formula is C13H18N2O2S. The topological polar surface area (TPSA) is 53.4 Å². The lowest BCUT2D eigenvalue weighted by Crippen LogP contribution is -2.31. The van der Waals surface area contributed by atoms with E-state index in [9.17, 15) is 4.79 Å². The fourth-order valence-electron chi connectivity index (χ4n) is 1.64. The third kappa shape index (κ3) is 3.58. The van der Waals surface area contributed by atoms with Crippen LogP contribution in [0.15, 0.2) is 18.2 Å². The van der Waals surface area contributed by atoms with E-state index in [0.29, 0.717) is 12.4 Å². The van der Waals surface area contributed by atoms with Gasteiger partial charge < -0.3 is 4.74 Å². The molecule has 0 fully saturated rings. The summed E-state index contributed by atoms with van der Waals surface area (Å²) in [5, 5.41) is 7.44. The van der Waals surface area contributed by atoms with E-state index in [-0.39, 0.29) is 5.91 Å². The molecule has 0 bridgehead atoms. The molecular weight excluding hydrogens is 248 g/mol. The standard InChI is InChI=1S/C13H18N2O2S/c1-10-4-5-11(7-17-2)12(6-10)15(9-14)13(16)8-18-3/h4-6,9,14H,7-8H2,1-3H3. The SMILES string of the molecule is COCc1ccc(C)cc1N(C=N)C(=O)CSC. The van der Waals surface area contributed by atoms with Crippen LogP contribution in [0.25, 0.3) is 0 Å². The van der Waals surface area contributed by atoms with Crippen molar-refractivity contribution < 1.29 is 9.53 Å². The minimum absolute atomic E-state index is 0.0968. The highest BCUT2D eigenvalue weighted by molar-refractivity contribution is 7.99. The van der Waals surface area contributed by atoms with Gasteiger partial charge in [-0.2, -0.15) is 11.8 Å². The molecule has 0 spiro atoms. The molecule has 0 aliphatic carbocycles. The monoisotopic (exact) mass is 266 g/mol. The van der Waals surface area contributed by atoms with Crippen LogP contribution in [0, 0.1) is 12.3 Å². The molecule has 1 rings (SSSR count). The van der Waals surface area contributed by atoms with Crippen LogP contribution in [-0.4, -0.2) is 31.4 Å². The van der Waals surface area contributed by atoms with Crippen molar-refractivity contribution in [3.05, 3.63) is 29.3 Å². The van der Waals surface area contributed by atoms with Gasteiger partial charge in [-0.05, 0) is 24.8 Å². The third-order valence-electron chi connectivity index (χ3n) is 2.47. The number of amides is 1. The summed E-state index contributed by atoms with van der Waals surface area (Å²) >= 11 is 1.45. The van der Waals surface area contributed by atoms with E-state index in [1.165, 1.54) is 16.7 Å². The average molecular weight is 266 g/mol. The zero-order valence-electron chi connectivity index (χ0n) is 10.9. The van der Waals surface area contributed by atoms with Gasteiger partial charge in [0.2, 0.25) is 5.91 Å². The summed E-state index contributed by atoms with van der Waals surface area (Å²) in [5.74, 6) is 0.260. The van der Waals surface area contributed by atoms with Crippen molar-refractivity contribution >= 4 is 29.7 Å². The quantitative estimate of drug-likeness (QED) is 0.635. The number of methoxy groups -OCH3 is 1. The van der Waals surface area contributed by atoms with Crippen LogP contribution in [0.2, 0.25) is 0 Å². The number of rotatable bonds is 6. The van der Waals surface area contributed by atoms with Gasteiger partial charge in [0.25, 0.3) is 0 Å². The Bertz CT molecular complexity index is 435. The number of hydrogen-bond donors (Lipinski definition) is 1. The number of nitrogens with zero attached hydrogens (tertiary/aromatic N) is 1. The number of carbonyl (C=O) groups is 1. The Kier molecular flexibility index (Phi) is 5.88. The van der Waals surface area contributed by atoms with E-state index in [1.807, 2.05) is 31.4 Å². The Balaban J connectivity index is 3.13. The molecule has 0 saturated heterocycles. The van der Waals surface area contributed by atoms with Crippen molar-refractivity contribution in [3.8, 4) is 0 Å². The van der Waals surface area contributed by atoms with Crippen LogP contribution < -0.4 is 4.90 Å². The molecule has 5 heteroatoms. The zero-order valence-corrected chi connectivity index (χ0v) is 11.7. The Labute approximate surface area is 112 Å². The first-order valence-electron chi connectivity index (χ1n) is 5.54. The number of benzene rings is 1. The largest absolute Gasteiger partial charge is 0.380 e. The molecule has 0 saturated carbocycles. The van der Waals surface area contributed by atoms with Gasteiger partial charge in [-0.15, -0.1) is 0 Å². The lowest BCUT2D eigenvalue weighted by molar-refractivity contribution is -0.115. The Hall–Kier alpha value is -1.33. The lowest BCUT2D eigenvalue weighted by Gasteiger charge is -2.20. The fourth-order valence-corrected chi connectivity index (χ4v) is 2.03. The summed E-state index contributed by atoms with van der Waals surface area (Å²) in [6.45, 7) is 2.38. The molecule has 0 unspecified atom stereocenters. The smallest absolute Gasteiger partial charge is 0.242 e. The van der Waals surface area contributed by atoms with Crippen molar-refractivity contribution in [1.29, 1.82) is 5.41 Å². The van der Waals surface area contributed by atoms with Crippen LogP contribution in [-0.2, 0) is 16.1 Å². The van der Waals surface area contributed by atoms with Crippen LogP contribution in [0.1, 0.15) is 11.1 Å². The number of anilines is 1.